The van der Waals surface area contributed by atoms with Crippen LogP contribution in [0.15, 0.2) is 36.5 Å². The summed E-state index contributed by atoms with van der Waals surface area (Å²) in [7, 11) is 0. The van der Waals surface area contributed by atoms with E-state index in [0.717, 1.165) is 5.56 Å². The molecule has 2 rings (SSSR count). The Hall–Kier alpha value is -2.63. The molecule has 1 amide bonds. The van der Waals surface area contributed by atoms with Crippen molar-refractivity contribution in [2.24, 2.45) is 0 Å². The highest BCUT2D eigenvalue weighted by molar-refractivity contribution is 5.91. The molecule has 0 unspecified atom stereocenters. The van der Waals surface area contributed by atoms with Crippen LogP contribution in [0, 0.1) is 6.92 Å². The second-order valence-corrected chi connectivity index (χ2v) is 4.80. The molecule has 1 N–H and O–H groups in total. The van der Waals surface area contributed by atoms with E-state index in [1.54, 1.807) is 16.9 Å². The fourth-order valence-electron chi connectivity index (χ4n) is 1.82. The van der Waals surface area contributed by atoms with Crippen LogP contribution >= 0.6 is 0 Å². The number of aryl methyl sites for hydroxylation is 1. The molecular weight excluding hydrogens is 270 g/mol. The minimum atomic E-state index is -1.24. The fourth-order valence-corrected chi connectivity index (χ4v) is 1.82. The highest BCUT2D eigenvalue weighted by Gasteiger charge is 2.05. The van der Waals surface area contributed by atoms with Crippen LogP contribution in [0.4, 0.5) is 5.82 Å². The quantitative estimate of drug-likeness (QED) is 0.847. The van der Waals surface area contributed by atoms with Gasteiger partial charge in [-0.15, -0.1) is 0 Å². The van der Waals surface area contributed by atoms with Crippen molar-refractivity contribution < 1.29 is 14.7 Å². The predicted octanol–water partition coefficient (Wildman–Crippen LogP) is 0.708. The van der Waals surface area contributed by atoms with Crippen LogP contribution in [0.1, 0.15) is 24.0 Å². The molecule has 0 spiro atoms. The summed E-state index contributed by atoms with van der Waals surface area (Å²) in [5.74, 6) is -1.22. The third kappa shape index (κ3) is 4.76. The standard InChI is InChI=1S/C15H17N3O3/c1-11-2-4-12(5-3-11)10-18-9-8-13(17-18)16-14(19)6-7-15(20)21/h2-5,8-9H,6-7,10H2,1H3,(H,20,21)(H,16,17,19)/p-1. The van der Waals surface area contributed by atoms with Crippen LogP contribution in [-0.4, -0.2) is 21.7 Å². The SMILES string of the molecule is Cc1ccc(Cn2ccc(NC(=O)CCC(=O)[O-])n2)cc1. The first-order valence-corrected chi connectivity index (χ1v) is 6.61. The lowest BCUT2D eigenvalue weighted by Gasteiger charge is -2.04. The van der Waals surface area contributed by atoms with E-state index in [2.05, 4.69) is 10.4 Å². The number of carboxylic acid groups (broad SMARTS) is 1. The number of benzene rings is 1. The summed E-state index contributed by atoms with van der Waals surface area (Å²) in [6.45, 7) is 2.63. The Morgan fingerprint density at radius 2 is 1.90 bits per heavy atom. The van der Waals surface area contributed by atoms with Gasteiger partial charge in [0, 0.05) is 24.7 Å². The van der Waals surface area contributed by atoms with Gasteiger partial charge in [-0.25, -0.2) is 0 Å². The number of hydrogen-bond acceptors (Lipinski definition) is 4. The predicted molar refractivity (Wildman–Crippen MR) is 75.4 cm³/mol. The third-order valence-corrected chi connectivity index (χ3v) is 2.93. The van der Waals surface area contributed by atoms with Gasteiger partial charge in [0.15, 0.2) is 5.82 Å². The number of aliphatic carboxylic acids is 1. The maximum atomic E-state index is 11.5. The van der Waals surface area contributed by atoms with Crippen LogP contribution in [0.5, 0.6) is 0 Å². The highest BCUT2D eigenvalue weighted by Crippen LogP contribution is 2.08. The molecule has 1 aromatic carbocycles. The molecule has 0 bridgehead atoms. The smallest absolute Gasteiger partial charge is 0.225 e. The van der Waals surface area contributed by atoms with E-state index in [1.165, 1.54) is 5.56 Å². The number of carbonyl (C=O) groups excluding carboxylic acids is 2. The Kier molecular flexibility index (Phi) is 4.71. The average molecular weight is 286 g/mol. The lowest BCUT2D eigenvalue weighted by molar-refractivity contribution is -0.305. The molecule has 6 nitrogen and oxygen atoms in total. The van der Waals surface area contributed by atoms with E-state index in [-0.39, 0.29) is 18.7 Å². The minimum Gasteiger partial charge on any atom is -0.550 e. The zero-order chi connectivity index (χ0) is 15.2. The number of nitrogens with one attached hydrogen (secondary N) is 1. The van der Waals surface area contributed by atoms with E-state index >= 15 is 0 Å². The molecule has 0 saturated heterocycles. The van der Waals surface area contributed by atoms with Crippen molar-refractivity contribution in [1.82, 2.24) is 9.78 Å². The van der Waals surface area contributed by atoms with Crippen LogP contribution in [0.25, 0.3) is 0 Å². The zero-order valence-electron chi connectivity index (χ0n) is 11.7. The van der Waals surface area contributed by atoms with Gasteiger partial charge in [0.1, 0.15) is 0 Å². The number of carboxylic acids is 1. The Morgan fingerprint density at radius 3 is 2.57 bits per heavy atom. The topological polar surface area (TPSA) is 87.0 Å². The molecule has 0 saturated carbocycles. The van der Waals surface area contributed by atoms with Crippen LogP contribution in [0.3, 0.4) is 0 Å². The average Bonchev–Trinajstić information content (AvgIpc) is 2.86. The molecule has 0 aliphatic rings. The van der Waals surface area contributed by atoms with Gasteiger partial charge in [-0.1, -0.05) is 29.8 Å². The molecule has 2 aromatic rings. The van der Waals surface area contributed by atoms with E-state index in [0.29, 0.717) is 12.4 Å². The third-order valence-electron chi connectivity index (χ3n) is 2.93. The van der Waals surface area contributed by atoms with Crippen LogP contribution in [0.2, 0.25) is 0 Å². The van der Waals surface area contributed by atoms with Crippen molar-refractivity contribution in [2.75, 3.05) is 5.32 Å². The first-order chi connectivity index (χ1) is 10.0. The lowest BCUT2D eigenvalue weighted by atomic mass is 10.1. The molecule has 21 heavy (non-hydrogen) atoms. The van der Waals surface area contributed by atoms with Crippen molar-refractivity contribution in [3.05, 3.63) is 47.7 Å². The van der Waals surface area contributed by atoms with Gasteiger partial charge in [-0.2, -0.15) is 5.10 Å². The summed E-state index contributed by atoms with van der Waals surface area (Å²) < 4.78 is 1.71. The number of nitrogens with zero attached hydrogens (tertiary/aromatic N) is 2. The molecule has 110 valence electrons. The van der Waals surface area contributed by atoms with Crippen LogP contribution < -0.4 is 10.4 Å². The number of rotatable bonds is 6. The molecule has 0 fully saturated rings. The van der Waals surface area contributed by atoms with Gasteiger partial charge < -0.3 is 15.2 Å². The van der Waals surface area contributed by atoms with Gasteiger partial charge in [0.2, 0.25) is 5.91 Å². The van der Waals surface area contributed by atoms with Gasteiger partial charge >= 0.3 is 0 Å². The Balaban J connectivity index is 1.90. The molecule has 6 heteroatoms. The van der Waals surface area contributed by atoms with Gasteiger partial charge in [0.25, 0.3) is 0 Å². The molecule has 0 aliphatic heterocycles. The monoisotopic (exact) mass is 286 g/mol. The first-order valence-electron chi connectivity index (χ1n) is 6.61. The van der Waals surface area contributed by atoms with Crippen molar-refractivity contribution in [2.45, 2.75) is 26.3 Å². The normalized spacial score (nSPS) is 10.3. The van der Waals surface area contributed by atoms with Crippen molar-refractivity contribution >= 4 is 17.7 Å². The summed E-state index contributed by atoms with van der Waals surface area (Å²) in [5, 5.41) is 17.0. The largest absolute Gasteiger partial charge is 0.550 e. The maximum Gasteiger partial charge on any atom is 0.225 e. The molecule has 1 heterocycles. The summed E-state index contributed by atoms with van der Waals surface area (Å²) in [4.78, 5) is 21.7. The summed E-state index contributed by atoms with van der Waals surface area (Å²) in [6, 6.07) is 9.78. The Bertz CT molecular complexity index is 632. The highest BCUT2D eigenvalue weighted by atomic mass is 16.4. The summed E-state index contributed by atoms with van der Waals surface area (Å²) >= 11 is 0. The minimum absolute atomic E-state index is 0.118. The molecule has 0 atom stereocenters. The van der Waals surface area contributed by atoms with E-state index in [9.17, 15) is 14.7 Å². The number of hydrogen-bond donors (Lipinski definition) is 1. The number of anilines is 1. The van der Waals surface area contributed by atoms with E-state index in [4.69, 9.17) is 0 Å². The maximum absolute atomic E-state index is 11.5. The van der Waals surface area contributed by atoms with Crippen molar-refractivity contribution in [3.8, 4) is 0 Å². The number of carbonyl (C=O) groups is 2. The first kappa shape index (κ1) is 14.8. The van der Waals surface area contributed by atoms with Gasteiger partial charge in [-0.05, 0) is 18.9 Å². The van der Waals surface area contributed by atoms with E-state index < -0.39 is 5.97 Å². The summed E-state index contributed by atoms with van der Waals surface area (Å²) in [6.07, 6.45) is 1.34. The second kappa shape index (κ2) is 6.69. The lowest BCUT2D eigenvalue weighted by Crippen LogP contribution is -2.24. The summed E-state index contributed by atoms with van der Waals surface area (Å²) in [5.41, 5.74) is 2.30. The van der Waals surface area contributed by atoms with Gasteiger partial charge in [0.05, 0.1) is 6.54 Å². The van der Waals surface area contributed by atoms with Gasteiger partial charge in [-0.3, -0.25) is 9.48 Å². The number of aromatic nitrogens is 2. The molecule has 0 aliphatic carbocycles. The second-order valence-electron chi connectivity index (χ2n) is 4.80. The van der Waals surface area contributed by atoms with E-state index in [1.807, 2.05) is 31.2 Å². The molecule has 0 radical (unpaired) electrons. The van der Waals surface area contributed by atoms with Crippen LogP contribution in [-0.2, 0) is 16.1 Å². The Labute approximate surface area is 122 Å². The fraction of sp³-hybridized carbons (Fsp3) is 0.267. The van der Waals surface area contributed by atoms with Crippen molar-refractivity contribution in [1.29, 1.82) is 0 Å². The molecule has 1 aromatic heterocycles. The molecular formula is C15H16N3O3-. The Morgan fingerprint density at radius 1 is 1.19 bits per heavy atom. The number of amides is 1. The van der Waals surface area contributed by atoms with Crippen molar-refractivity contribution in [3.63, 3.8) is 0 Å². The zero-order valence-corrected chi connectivity index (χ0v) is 11.7.